The first-order valence-corrected chi connectivity index (χ1v) is 5.17. The Bertz CT molecular complexity index is 301. The van der Waals surface area contributed by atoms with Crippen molar-refractivity contribution in [3.8, 4) is 0 Å². The highest BCUT2D eigenvalue weighted by atomic mass is 35.5. The highest BCUT2D eigenvalue weighted by Gasteiger charge is 2.14. The Labute approximate surface area is 89.3 Å². The number of halogens is 2. The Morgan fingerprint density at radius 1 is 1.21 bits per heavy atom. The van der Waals surface area contributed by atoms with Crippen molar-refractivity contribution in [1.29, 1.82) is 0 Å². The predicted octanol–water partition coefficient (Wildman–Crippen LogP) is 4.12. The quantitative estimate of drug-likeness (QED) is 0.677. The molecule has 0 aromatic carbocycles. The van der Waals surface area contributed by atoms with Crippen molar-refractivity contribution in [3.63, 3.8) is 0 Å². The lowest BCUT2D eigenvalue weighted by molar-refractivity contribution is 0.579. The number of hydrogen-bond donors (Lipinski definition) is 0. The Kier molecular flexibility index (Phi) is 3.48. The van der Waals surface area contributed by atoms with Crippen molar-refractivity contribution < 1.29 is 4.39 Å². The molecule has 0 amide bonds. The van der Waals surface area contributed by atoms with Crippen LogP contribution in [0.1, 0.15) is 50.8 Å². The zero-order valence-corrected chi connectivity index (χ0v) is 9.69. The summed E-state index contributed by atoms with van der Waals surface area (Å²) in [5.74, 6) is 0.00697. The SMILES string of the molecule is CC(C)c1cc(F)c(C(C)C)nc1Cl. The first kappa shape index (κ1) is 11.4. The minimum Gasteiger partial charge on any atom is -0.238 e. The molecule has 1 aromatic rings. The minimum atomic E-state index is -0.256. The highest BCUT2D eigenvalue weighted by Crippen LogP contribution is 2.27. The van der Waals surface area contributed by atoms with E-state index in [-0.39, 0.29) is 17.7 Å². The Hall–Kier alpha value is -0.630. The largest absolute Gasteiger partial charge is 0.238 e. The monoisotopic (exact) mass is 215 g/mol. The van der Waals surface area contributed by atoms with E-state index in [9.17, 15) is 4.39 Å². The molecule has 0 bridgehead atoms. The van der Waals surface area contributed by atoms with Gasteiger partial charge in [-0.3, -0.25) is 0 Å². The summed E-state index contributed by atoms with van der Waals surface area (Å²) in [5.41, 5.74) is 1.22. The molecule has 0 fully saturated rings. The van der Waals surface area contributed by atoms with Crippen LogP contribution in [-0.4, -0.2) is 4.98 Å². The maximum absolute atomic E-state index is 13.5. The van der Waals surface area contributed by atoms with Crippen molar-refractivity contribution in [3.05, 3.63) is 28.3 Å². The van der Waals surface area contributed by atoms with Crippen LogP contribution < -0.4 is 0 Å². The van der Waals surface area contributed by atoms with Gasteiger partial charge in [0.05, 0.1) is 5.69 Å². The average molecular weight is 216 g/mol. The van der Waals surface area contributed by atoms with Crippen LogP contribution in [0.5, 0.6) is 0 Å². The summed E-state index contributed by atoms with van der Waals surface area (Å²) in [6.07, 6.45) is 0. The maximum Gasteiger partial charge on any atom is 0.145 e. The lowest BCUT2D eigenvalue weighted by atomic mass is 10.0. The molecule has 0 aliphatic carbocycles. The second kappa shape index (κ2) is 4.26. The number of pyridine rings is 1. The highest BCUT2D eigenvalue weighted by molar-refractivity contribution is 6.30. The van der Waals surface area contributed by atoms with E-state index in [4.69, 9.17) is 11.6 Å². The minimum absolute atomic E-state index is 0.0636. The zero-order chi connectivity index (χ0) is 10.9. The normalized spacial score (nSPS) is 11.4. The van der Waals surface area contributed by atoms with Crippen molar-refractivity contribution in [2.45, 2.75) is 39.5 Å². The van der Waals surface area contributed by atoms with Crippen LogP contribution in [0.3, 0.4) is 0 Å². The molecule has 0 aliphatic heterocycles. The van der Waals surface area contributed by atoms with Gasteiger partial charge in [-0.2, -0.15) is 0 Å². The lowest BCUT2D eigenvalue weighted by Crippen LogP contribution is -2.02. The molecule has 78 valence electrons. The summed E-state index contributed by atoms with van der Waals surface area (Å²) >= 11 is 5.96. The van der Waals surface area contributed by atoms with Crippen molar-refractivity contribution in [1.82, 2.24) is 4.98 Å². The fourth-order valence-corrected chi connectivity index (χ4v) is 1.67. The van der Waals surface area contributed by atoms with Crippen LogP contribution in [0, 0.1) is 5.82 Å². The third-order valence-electron chi connectivity index (χ3n) is 2.15. The van der Waals surface area contributed by atoms with E-state index in [0.717, 1.165) is 5.56 Å². The first-order valence-electron chi connectivity index (χ1n) is 4.79. The summed E-state index contributed by atoms with van der Waals surface area (Å²) in [7, 11) is 0. The summed E-state index contributed by atoms with van der Waals surface area (Å²) in [4.78, 5) is 4.08. The molecular formula is C11H15ClFN. The van der Waals surface area contributed by atoms with Gasteiger partial charge in [0, 0.05) is 0 Å². The van der Waals surface area contributed by atoms with Crippen LogP contribution in [0.4, 0.5) is 4.39 Å². The smallest absolute Gasteiger partial charge is 0.145 e. The third kappa shape index (κ3) is 2.24. The second-order valence-electron chi connectivity index (χ2n) is 4.04. The van der Waals surface area contributed by atoms with E-state index < -0.39 is 0 Å². The molecule has 0 atom stereocenters. The van der Waals surface area contributed by atoms with Crippen LogP contribution >= 0.6 is 11.6 Å². The van der Waals surface area contributed by atoms with Crippen LogP contribution in [0.15, 0.2) is 6.07 Å². The zero-order valence-electron chi connectivity index (χ0n) is 8.94. The van der Waals surface area contributed by atoms with E-state index in [1.165, 1.54) is 6.07 Å². The third-order valence-corrected chi connectivity index (χ3v) is 2.46. The second-order valence-corrected chi connectivity index (χ2v) is 4.40. The van der Waals surface area contributed by atoms with Gasteiger partial charge in [0.25, 0.3) is 0 Å². The number of aromatic nitrogens is 1. The predicted molar refractivity (Wildman–Crippen MR) is 57.4 cm³/mol. The molecule has 1 nitrogen and oxygen atoms in total. The van der Waals surface area contributed by atoms with Gasteiger partial charge in [0.15, 0.2) is 0 Å². The molecule has 1 rings (SSSR count). The fraction of sp³-hybridized carbons (Fsp3) is 0.545. The van der Waals surface area contributed by atoms with Gasteiger partial charge in [-0.1, -0.05) is 39.3 Å². The van der Waals surface area contributed by atoms with E-state index in [1.807, 2.05) is 27.7 Å². The van der Waals surface area contributed by atoms with Crippen molar-refractivity contribution in [2.75, 3.05) is 0 Å². The maximum atomic E-state index is 13.5. The van der Waals surface area contributed by atoms with Gasteiger partial charge < -0.3 is 0 Å². The van der Waals surface area contributed by atoms with E-state index in [0.29, 0.717) is 10.8 Å². The molecule has 0 N–H and O–H groups in total. The van der Waals surface area contributed by atoms with Gasteiger partial charge >= 0.3 is 0 Å². The van der Waals surface area contributed by atoms with Gasteiger partial charge in [0.2, 0.25) is 0 Å². The number of nitrogens with zero attached hydrogens (tertiary/aromatic N) is 1. The average Bonchev–Trinajstić information content (AvgIpc) is 2.07. The summed E-state index contributed by atoms with van der Waals surface area (Å²) in [6.45, 7) is 7.74. The van der Waals surface area contributed by atoms with Gasteiger partial charge in [0.1, 0.15) is 11.0 Å². The van der Waals surface area contributed by atoms with Crippen LogP contribution in [-0.2, 0) is 0 Å². The molecule has 0 spiro atoms. The molecular weight excluding hydrogens is 201 g/mol. The number of hydrogen-bond acceptors (Lipinski definition) is 1. The lowest BCUT2D eigenvalue weighted by Gasteiger charge is -2.12. The van der Waals surface area contributed by atoms with E-state index in [1.54, 1.807) is 0 Å². The summed E-state index contributed by atoms with van der Waals surface area (Å²) in [5, 5.41) is 0.421. The Balaban J connectivity index is 3.24. The van der Waals surface area contributed by atoms with Gasteiger partial charge in [-0.05, 0) is 23.5 Å². The fourth-order valence-electron chi connectivity index (χ4n) is 1.30. The molecule has 14 heavy (non-hydrogen) atoms. The Morgan fingerprint density at radius 2 is 1.79 bits per heavy atom. The summed E-state index contributed by atoms with van der Waals surface area (Å²) < 4.78 is 13.5. The van der Waals surface area contributed by atoms with Crippen molar-refractivity contribution >= 4 is 11.6 Å². The molecule has 0 radical (unpaired) electrons. The summed E-state index contributed by atoms with van der Waals surface area (Å²) in [6, 6.07) is 1.50. The first-order chi connectivity index (χ1) is 6.43. The molecule has 0 aliphatic rings. The molecule has 0 saturated carbocycles. The standard InChI is InChI=1S/C11H15ClFN/c1-6(2)8-5-9(13)10(7(3)4)14-11(8)12/h5-7H,1-4H3. The number of rotatable bonds is 2. The van der Waals surface area contributed by atoms with Crippen LogP contribution in [0.2, 0.25) is 5.15 Å². The van der Waals surface area contributed by atoms with Crippen LogP contribution in [0.25, 0.3) is 0 Å². The molecule has 0 unspecified atom stereocenters. The Morgan fingerprint density at radius 3 is 2.21 bits per heavy atom. The molecule has 0 saturated heterocycles. The van der Waals surface area contributed by atoms with E-state index in [2.05, 4.69) is 4.98 Å². The van der Waals surface area contributed by atoms with Gasteiger partial charge in [-0.25, -0.2) is 9.37 Å². The molecule has 1 aromatic heterocycles. The molecule has 1 heterocycles. The van der Waals surface area contributed by atoms with Crippen molar-refractivity contribution in [2.24, 2.45) is 0 Å². The van der Waals surface area contributed by atoms with Gasteiger partial charge in [-0.15, -0.1) is 0 Å². The van der Waals surface area contributed by atoms with E-state index >= 15 is 0 Å². The molecule has 3 heteroatoms. The topological polar surface area (TPSA) is 12.9 Å².